The van der Waals surface area contributed by atoms with Gasteiger partial charge in [0.15, 0.2) is 0 Å². The van der Waals surface area contributed by atoms with E-state index in [1.807, 2.05) is 30.3 Å². The van der Waals surface area contributed by atoms with Crippen LogP contribution in [0.1, 0.15) is 5.56 Å². The third-order valence-electron chi connectivity index (χ3n) is 2.68. The number of benzene rings is 1. The summed E-state index contributed by atoms with van der Waals surface area (Å²) in [5.74, 6) is 0.00880. The van der Waals surface area contributed by atoms with Crippen LogP contribution in [0.3, 0.4) is 0 Å². The molecule has 3 nitrogen and oxygen atoms in total. The monoisotopic (exact) mass is 217 g/mol. The van der Waals surface area contributed by atoms with Gasteiger partial charge in [0.25, 0.3) is 5.91 Å². The molecular weight excluding hydrogens is 202 g/mol. The van der Waals surface area contributed by atoms with Crippen LogP contribution in [-0.2, 0) is 9.53 Å². The van der Waals surface area contributed by atoms with Crippen LogP contribution in [-0.4, -0.2) is 37.1 Å². The van der Waals surface area contributed by atoms with E-state index in [2.05, 4.69) is 6.58 Å². The Kier molecular flexibility index (Phi) is 3.37. The minimum Gasteiger partial charge on any atom is -0.378 e. The highest BCUT2D eigenvalue weighted by Crippen LogP contribution is 2.15. The molecule has 1 fully saturated rings. The standard InChI is InChI=1S/C13H15NO2/c1-11(12-5-3-2-4-6-12)13(15)14-7-9-16-10-8-14/h2-6H,1,7-10H2. The van der Waals surface area contributed by atoms with Gasteiger partial charge in [-0.1, -0.05) is 36.9 Å². The molecule has 0 aromatic heterocycles. The van der Waals surface area contributed by atoms with E-state index in [-0.39, 0.29) is 5.91 Å². The second-order valence-electron chi connectivity index (χ2n) is 3.75. The topological polar surface area (TPSA) is 29.5 Å². The third-order valence-corrected chi connectivity index (χ3v) is 2.68. The molecule has 3 heteroatoms. The molecule has 84 valence electrons. The van der Waals surface area contributed by atoms with Crippen LogP contribution in [0.4, 0.5) is 0 Å². The fraction of sp³-hybridized carbons (Fsp3) is 0.308. The summed E-state index contributed by atoms with van der Waals surface area (Å²) >= 11 is 0. The first-order valence-corrected chi connectivity index (χ1v) is 5.40. The first-order valence-electron chi connectivity index (χ1n) is 5.40. The van der Waals surface area contributed by atoms with Crippen LogP contribution in [0.2, 0.25) is 0 Å². The van der Waals surface area contributed by atoms with Crippen LogP contribution in [0.25, 0.3) is 5.57 Å². The molecule has 1 aromatic carbocycles. The molecular formula is C13H15NO2. The maximum Gasteiger partial charge on any atom is 0.254 e. The molecule has 0 atom stereocenters. The lowest BCUT2D eigenvalue weighted by molar-refractivity contribution is -0.128. The molecule has 0 bridgehead atoms. The number of morpholine rings is 1. The molecule has 0 spiro atoms. The molecule has 0 aliphatic carbocycles. The molecule has 1 aliphatic heterocycles. The summed E-state index contributed by atoms with van der Waals surface area (Å²) in [7, 11) is 0. The van der Waals surface area contributed by atoms with Crippen LogP contribution < -0.4 is 0 Å². The van der Waals surface area contributed by atoms with Crippen molar-refractivity contribution >= 4 is 11.5 Å². The molecule has 16 heavy (non-hydrogen) atoms. The number of hydrogen-bond acceptors (Lipinski definition) is 2. The quantitative estimate of drug-likeness (QED) is 0.703. The molecule has 0 N–H and O–H groups in total. The van der Waals surface area contributed by atoms with E-state index in [0.717, 1.165) is 5.56 Å². The Bertz CT molecular complexity index is 380. The van der Waals surface area contributed by atoms with Gasteiger partial charge in [-0.05, 0) is 5.56 Å². The van der Waals surface area contributed by atoms with Gasteiger partial charge in [-0.25, -0.2) is 0 Å². The van der Waals surface area contributed by atoms with E-state index < -0.39 is 0 Å². The van der Waals surface area contributed by atoms with Crippen molar-refractivity contribution in [3.05, 3.63) is 42.5 Å². The van der Waals surface area contributed by atoms with Gasteiger partial charge >= 0.3 is 0 Å². The average molecular weight is 217 g/mol. The molecule has 2 rings (SSSR count). The van der Waals surface area contributed by atoms with Crippen molar-refractivity contribution < 1.29 is 9.53 Å². The zero-order valence-corrected chi connectivity index (χ0v) is 9.19. The van der Waals surface area contributed by atoms with E-state index in [4.69, 9.17) is 4.74 Å². The fourth-order valence-electron chi connectivity index (χ4n) is 1.72. The number of hydrogen-bond donors (Lipinski definition) is 0. The van der Waals surface area contributed by atoms with Crippen molar-refractivity contribution in [3.8, 4) is 0 Å². The van der Waals surface area contributed by atoms with Crippen molar-refractivity contribution in [1.29, 1.82) is 0 Å². The molecule has 1 amide bonds. The van der Waals surface area contributed by atoms with E-state index in [9.17, 15) is 4.79 Å². The fourth-order valence-corrected chi connectivity index (χ4v) is 1.72. The second kappa shape index (κ2) is 4.94. The number of amides is 1. The zero-order valence-electron chi connectivity index (χ0n) is 9.19. The lowest BCUT2D eigenvalue weighted by Crippen LogP contribution is -2.40. The Morgan fingerprint density at radius 3 is 2.44 bits per heavy atom. The SMILES string of the molecule is C=C(C(=O)N1CCOCC1)c1ccccc1. The van der Waals surface area contributed by atoms with Gasteiger partial charge in [0.05, 0.1) is 13.2 Å². The summed E-state index contributed by atoms with van der Waals surface area (Å²) in [4.78, 5) is 13.9. The predicted octanol–water partition coefficient (Wildman–Crippen LogP) is 1.56. The zero-order chi connectivity index (χ0) is 11.4. The van der Waals surface area contributed by atoms with Crippen molar-refractivity contribution in [2.24, 2.45) is 0 Å². The first kappa shape index (κ1) is 10.9. The largest absolute Gasteiger partial charge is 0.378 e. The molecule has 1 heterocycles. The van der Waals surface area contributed by atoms with Crippen LogP contribution >= 0.6 is 0 Å². The lowest BCUT2D eigenvalue weighted by atomic mass is 10.1. The van der Waals surface area contributed by atoms with Crippen molar-refractivity contribution in [3.63, 3.8) is 0 Å². The van der Waals surface area contributed by atoms with Crippen molar-refractivity contribution in [2.75, 3.05) is 26.3 Å². The van der Waals surface area contributed by atoms with E-state index in [1.165, 1.54) is 0 Å². The summed E-state index contributed by atoms with van der Waals surface area (Å²) in [6.07, 6.45) is 0. The molecule has 1 aliphatic rings. The van der Waals surface area contributed by atoms with Gasteiger partial charge in [0.1, 0.15) is 0 Å². The number of rotatable bonds is 2. The molecule has 1 aromatic rings. The minimum absolute atomic E-state index is 0.00880. The number of carbonyl (C=O) groups excluding carboxylic acids is 1. The highest BCUT2D eigenvalue weighted by Gasteiger charge is 2.19. The number of nitrogens with zero attached hydrogens (tertiary/aromatic N) is 1. The Morgan fingerprint density at radius 1 is 1.19 bits per heavy atom. The normalized spacial score (nSPS) is 15.9. The highest BCUT2D eigenvalue weighted by molar-refractivity contribution is 6.18. The Balaban J connectivity index is 2.07. The van der Waals surface area contributed by atoms with Gasteiger partial charge < -0.3 is 9.64 Å². The first-order chi connectivity index (χ1) is 7.79. The maximum absolute atomic E-state index is 12.1. The van der Waals surface area contributed by atoms with Gasteiger partial charge in [-0.2, -0.15) is 0 Å². The van der Waals surface area contributed by atoms with Gasteiger partial charge in [0.2, 0.25) is 0 Å². The molecule has 0 radical (unpaired) electrons. The molecule has 0 unspecified atom stereocenters. The van der Waals surface area contributed by atoms with E-state index >= 15 is 0 Å². The van der Waals surface area contributed by atoms with Crippen LogP contribution in [0.15, 0.2) is 36.9 Å². The average Bonchev–Trinajstić information content (AvgIpc) is 2.39. The summed E-state index contributed by atoms with van der Waals surface area (Å²) in [6, 6.07) is 9.55. The summed E-state index contributed by atoms with van der Waals surface area (Å²) in [5, 5.41) is 0. The number of ether oxygens (including phenoxy) is 1. The molecule has 1 saturated heterocycles. The summed E-state index contributed by atoms with van der Waals surface area (Å²) < 4.78 is 5.21. The van der Waals surface area contributed by atoms with E-state index in [1.54, 1.807) is 4.90 Å². The number of carbonyl (C=O) groups is 1. The van der Waals surface area contributed by atoms with Crippen molar-refractivity contribution in [1.82, 2.24) is 4.90 Å². The second-order valence-corrected chi connectivity index (χ2v) is 3.75. The predicted molar refractivity (Wildman–Crippen MR) is 62.9 cm³/mol. The van der Waals surface area contributed by atoms with Gasteiger partial charge in [-0.3, -0.25) is 4.79 Å². The van der Waals surface area contributed by atoms with Gasteiger partial charge in [-0.15, -0.1) is 0 Å². The van der Waals surface area contributed by atoms with Crippen molar-refractivity contribution in [2.45, 2.75) is 0 Å². The van der Waals surface area contributed by atoms with E-state index in [0.29, 0.717) is 31.9 Å². The summed E-state index contributed by atoms with van der Waals surface area (Å²) in [5.41, 5.74) is 1.45. The lowest BCUT2D eigenvalue weighted by Gasteiger charge is -2.27. The maximum atomic E-state index is 12.1. The smallest absolute Gasteiger partial charge is 0.254 e. The minimum atomic E-state index is 0.00880. The highest BCUT2D eigenvalue weighted by atomic mass is 16.5. The van der Waals surface area contributed by atoms with Gasteiger partial charge in [0, 0.05) is 18.7 Å². The van der Waals surface area contributed by atoms with Crippen LogP contribution in [0.5, 0.6) is 0 Å². The Hall–Kier alpha value is -1.61. The third kappa shape index (κ3) is 2.31. The molecule has 0 saturated carbocycles. The Labute approximate surface area is 95.3 Å². The van der Waals surface area contributed by atoms with Crippen LogP contribution in [0, 0.1) is 0 Å². The Morgan fingerprint density at radius 2 is 1.81 bits per heavy atom. The summed E-state index contributed by atoms with van der Waals surface area (Å²) in [6.45, 7) is 6.42.